The molecule has 154 valence electrons. The number of hydrogen-bond donors (Lipinski definition) is 1. The summed E-state index contributed by atoms with van der Waals surface area (Å²) in [5.41, 5.74) is 3.84. The summed E-state index contributed by atoms with van der Waals surface area (Å²) in [5.74, 6) is 0.802. The van der Waals surface area contributed by atoms with Crippen molar-refractivity contribution in [2.45, 2.75) is 13.8 Å². The molecule has 1 heterocycles. The minimum Gasteiger partial charge on any atom is -0.493 e. The zero-order chi connectivity index (χ0) is 21.7. The van der Waals surface area contributed by atoms with Crippen molar-refractivity contribution in [1.29, 1.82) is 5.26 Å². The van der Waals surface area contributed by atoms with E-state index in [0.717, 1.165) is 16.6 Å². The highest BCUT2D eigenvalue weighted by atomic mass is 79.9. The first kappa shape index (κ1) is 21.4. The number of nitrogens with zero attached hydrogens (tertiary/aromatic N) is 2. The second-order valence-electron chi connectivity index (χ2n) is 6.40. The third kappa shape index (κ3) is 4.81. The third-order valence-corrected chi connectivity index (χ3v) is 4.80. The molecule has 0 aliphatic carbocycles. The minimum absolute atomic E-state index is 0.236. The van der Waals surface area contributed by atoms with Gasteiger partial charge in [-0.05, 0) is 71.2 Å². The Morgan fingerprint density at radius 2 is 2.13 bits per heavy atom. The van der Waals surface area contributed by atoms with Gasteiger partial charge >= 0.3 is 5.97 Å². The Morgan fingerprint density at radius 3 is 2.83 bits per heavy atom. The molecule has 30 heavy (non-hydrogen) atoms. The van der Waals surface area contributed by atoms with Crippen LogP contribution in [0.25, 0.3) is 22.7 Å². The van der Waals surface area contributed by atoms with Gasteiger partial charge in [0.1, 0.15) is 11.9 Å². The van der Waals surface area contributed by atoms with E-state index in [1.54, 1.807) is 25.1 Å². The molecule has 0 radical (unpaired) electrons. The molecule has 3 aromatic rings. The number of benzene rings is 2. The number of halogens is 1. The van der Waals surface area contributed by atoms with Crippen LogP contribution in [0.4, 0.5) is 0 Å². The lowest BCUT2D eigenvalue weighted by atomic mass is 10.1. The molecule has 1 aromatic heterocycles. The number of nitriles is 1. The van der Waals surface area contributed by atoms with Crippen molar-refractivity contribution in [2.75, 3.05) is 20.3 Å². The maximum Gasteiger partial charge on any atom is 0.344 e. The second kappa shape index (κ2) is 9.46. The molecule has 0 amide bonds. The zero-order valence-electron chi connectivity index (χ0n) is 16.8. The average Bonchev–Trinajstić information content (AvgIpc) is 3.13. The molecule has 0 atom stereocenters. The van der Waals surface area contributed by atoms with Crippen molar-refractivity contribution in [3.63, 3.8) is 0 Å². The van der Waals surface area contributed by atoms with Gasteiger partial charge in [0.2, 0.25) is 0 Å². The fourth-order valence-electron chi connectivity index (χ4n) is 2.87. The van der Waals surface area contributed by atoms with E-state index in [1.165, 1.54) is 7.11 Å². The number of rotatable bonds is 7. The first-order chi connectivity index (χ1) is 14.4. The molecular formula is C22H20BrN3O4. The van der Waals surface area contributed by atoms with Crippen LogP contribution in [0.3, 0.4) is 0 Å². The van der Waals surface area contributed by atoms with Gasteiger partial charge in [0.05, 0.1) is 34.8 Å². The maximum atomic E-state index is 11.6. The molecule has 0 unspecified atom stereocenters. The summed E-state index contributed by atoms with van der Waals surface area (Å²) in [4.78, 5) is 19.3. The molecule has 3 rings (SSSR count). The van der Waals surface area contributed by atoms with E-state index < -0.39 is 5.97 Å². The fourth-order valence-corrected chi connectivity index (χ4v) is 3.44. The summed E-state index contributed by atoms with van der Waals surface area (Å²) in [7, 11) is 1.50. The van der Waals surface area contributed by atoms with E-state index >= 15 is 0 Å². The molecule has 0 fully saturated rings. The Bertz CT molecular complexity index is 1160. The van der Waals surface area contributed by atoms with E-state index in [-0.39, 0.29) is 13.2 Å². The number of fused-ring (bicyclic) bond motifs is 1. The van der Waals surface area contributed by atoms with Crippen LogP contribution in [0.1, 0.15) is 23.9 Å². The number of aromatic nitrogens is 2. The molecule has 0 saturated carbocycles. The fraction of sp³-hybridized carbons (Fsp3) is 0.227. The van der Waals surface area contributed by atoms with Crippen LogP contribution in [0.15, 0.2) is 34.8 Å². The number of allylic oxidation sites excluding steroid dienone is 1. The second-order valence-corrected chi connectivity index (χ2v) is 7.26. The zero-order valence-corrected chi connectivity index (χ0v) is 18.4. The highest BCUT2D eigenvalue weighted by Crippen LogP contribution is 2.37. The van der Waals surface area contributed by atoms with Crippen molar-refractivity contribution in [2.24, 2.45) is 0 Å². The summed E-state index contributed by atoms with van der Waals surface area (Å²) >= 11 is 3.44. The standard InChI is InChI=1S/C22H20BrN3O4/c1-4-29-20(27)12-30-21-16(23)9-14(10-19(21)28-3)8-15(11-24)22-25-17-6-5-13(2)7-18(17)26-22/h5-10H,4,12H2,1-3H3,(H,25,26)/b15-8-. The molecule has 0 spiro atoms. The van der Waals surface area contributed by atoms with Crippen molar-refractivity contribution in [3.8, 4) is 17.6 Å². The summed E-state index contributed by atoms with van der Waals surface area (Å²) in [5, 5.41) is 9.67. The lowest BCUT2D eigenvalue weighted by Crippen LogP contribution is -2.15. The van der Waals surface area contributed by atoms with E-state index in [1.807, 2.05) is 25.1 Å². The van der Waals surface area contributed by atoms with Crippen molar-refractivity contribution < 1.29 is 19.0 Å². The summed E-state index contributed by atoms with van der Waals surface area (Å²) < 4.78 is 16.4. The largest absolute Gasteiger partial charge is 0.493 e. The van der Waals surface area contributed by atoms with Gasteiger partial charge < -0.3 is 19.2 Å². The number of esters is 1. The number of hydrogen-bond acceptors (Lipinski definition) is 6. The Morgan fingerprint density at radius 1 is 1.33 bits per heavy atom. The number of ether oxygens (including phenoxy) is 3. The Balaban J connectivity index is 1.93. The van der Waals surface area contributed by atoms with Crippen molar-refractivity contribution in [3.05, 3.63) is 51.8 Å². The Hall–Kier alpha value is -3.31. The number of H-pyrrole nitrogens is 1. The quantitative estimate of drug-likeness (QED) is 0.399. The lowest BCUT2D eigenvalue weighted by molar-refractivity contribution is -0.145. The average molecular weight is 470 g/mol. The number of carbonyl (C=O) groups excluding carboxylic acids is 1. The molecule has 7 nitrogen and oxygen atoms in total. The monoisotopic (exact) mass is 469 g/mol. The Labute approximate surface area is 182 Å². The van der Waals surface area contributed by atoms with Gasteiger partial charge in [-0.2, -0.15) is 5.26 Å². The predicted molar refractivity (Wildman–Crippen MR) is 117 cm³/mol. The number of aryl methyl sites for hydroxylation is 1. The lowest BCUT2D eigenvalue weighted by Gasteiger charge is -2.13. The van der Waals surface area contributed by atoms with E-state index in [0.29, 0.717) is 32.9 Å². The molecule has 0 saturated heterocycles. The van der Waals surface area contributed by atoms with Gasteiger partial charge in [0, 0.05) is 0 Å². The number of methoxy groups -OCH3 is 1. The smallest absolute Gasteiger partial charge is 0.344 e. The third-order valence-electron chi connectivity index (χ3n) is 4.22. The van der Waals surface area contributed by atoms with Crippen molar-refractivity contribution in [1.82, 2.24) is 9.97 Å². The Kier molecular flexibility index (Phi) is 6.75. The molecular weight excluding hydrogens is 450 g/mol. The molecule has 1 N–H and O–H groups in total. The summed E-state index contributed by atoms with van der Waals surface area (Å²) in [6.45, 7) is 3.77. The normalized spacial score (nSPS) is 11.2. The van der Waals surface area contributed by atoms with Gasteiger partial charge in [-0.1, -0.05) is 6.07 Å². The van der Waals surface area contributed by atoms with Crippen LogP contribution in [-0.4, -0.2) is 36.3 Å². The van der Waals surface area contributed by atoms with Crippen LogP contribution in [0.2, 0.25) is 0 Å². The molecule has 2 aromatic carbocycles. The van der Waals surface area contributed by atoms with Crippen LogP contribution < -0.4 is 9.47 Å². The van der Waals surface area contributed by atoms with Gasteiger partial charge in [0.15, 0.2) is 18.1 Å². The van der Waals surface area contributed by atoms with Crippen molar-refractivity contribution >= 4 is 44.6 Å². The number of aromatic amines is 1. The summed E-state index contributed by atoms with van der Waals surface area (Å²) in [6.07, 6.45) is 1.70. The van der Waals surface area contributed by atoms with E-state index in [2.05, 4.69) is 32.0 Å². The summed E-state index contributed by atoms with van der Waals surface area (Å²) in [6, 6.07) is 11.5. The van der Waals surface area contributed by atoms with Crippen LogP contribution in [0, 0.1) is 18.3 Å². The van der Waals surface area contributed by atoms with E-state index in [9.17, 15) is 10.1 Å². The maximum absolute atomic E-state index is 11.6. The van der Waals surface area contributed by atoms with E-state index in [4.69, 9.17) is 14.2 Å². The number of carbonyl (C=O) groups is 1. The van der Waals surface area contributed by atoms with Gasteiger partial charge in [0.25, 0.3) is 0 Å². The van der Waals surface area contributed by atoms with Crippen LogP contribution in [-0.2, 0) is 9.53 Å². The molecule has 0 aliphatic rings. The first-order valence-electron chi connectivity index (χ1n) is 9.19. The highest BCUT2D eigenvalue weighted by Gasteiger charge is 2.15. The van der Waals surface area contributed by atoms with Gasteiger partial charge in [-0.25, -0.2) is 9.78 Å². The molecule has 0 bridgehead atoms. The van der Waals surface area contributed by atoms with Gasteiger partial charge in [-0.3, -0.25) is 0 Å². The highest BCUT2D eigenvalue weighted by molar-refractivity contribution is 9.10. The topological polar surface area (TPSA) is 97.2 Å². The number of imidazole rings is 1. The predicted octanol–water partition coefficient (Wildman–Crippen LogP) is 4.65. The van der Waals surface area contributed by atoms with Crippen LogP contribution in [0.5, 0.6) is 11.5 Å². The molecule has 0 aliphatic heterocycles. The van der Waals surface area contributed by atoms with Gasteiger partial charge in [-0.15, -0.1) is 0 Å². The molecule has 8 heteroatoms. The number of nitrogens with one attached hydrogen (secondary N) is 1. The minimum atomic E-state index is -0.470. The van der Waals surface area contributed by atoms with Crippen LogP contribution >= 0.6 is 15.9 Å². The first-order valence-corrected chi connectivity index (χ1v) is 9.99. The SMILES string of the molecule is CCOC(=O)COc1c(Br)cc(/C=C(/C#N)c2nc3ccc(C)cc3[nH]2)cc1OC.